The Kier molecular flexibility index (Phi) is 9.55. The molecule has 2 unspecified atom stereocenters. The minimum absolute atomic E-state index is 0.144. The number of piperidine rings is 1. The molecule has 3 heterocycles. The number of nitrogens with zero attached hydrogens (tertiary/aromatic N) is 4. The Morgan fingerprint density at radius 3 is 2.26 bits per heavy atom. The monoisotopic (exact) mass is 698 g/mol. The first-order chi connectivity index (χ1) is 21.5. The zero-order valence-electron chi connectivity index (χ0n) is 24.2. The predicted octanol–water partition coefficient (Wildman–Crippen LogP) is 2.55. The second-order valence-electron chi connectivity index (χ2n) is 11.6. The average molecular weight is 699 g/mol. The van der Waals surface area contributed by atoms with Gasteiger partial charge in [-0.1, -0.05) is 23.4 Å². The third kappa shape index (κ3) is 6.52. The molecular weight excluding hydrogens is 666 g/mol. The van der Waals surface area contributed by atoms with Crippen molar-refractivity contribution >= 4 is 20.9 Å². The molecular formula is C28H32F6N4O6S2. The van der Waals surface area contributed by atoms with Crippen molar-refractivity contribution < 1.29 is 55.2 Å². The summed E-state index contributed by atoms with van der Waals surface area (Å²) >= 11 is 0. The van der Waals surface area contributed by atoms with Gasteiger partial charge in [0.1, 0.15) is 11.7 Å². The van der Waals surface area contributed by atoms with Crippen LogP contribution in [-0.2, 0) is 16.2 Å². The van der Waals surface area contributed by atoms with E-state index in [-0.39, 0.29) is 48.5 Å². The Morgan fingerprint density at radius 1 is 1.09 bits per heavy atom. The number of aliphatic hydroxyl groups excluding tert-OH is 3. The van der Waals surface area contributed by atoms with Gasteiger partial charge in [0.2, 0.25) is 10.0 Å². The van der Waals surface area contributed by atoms with Crippen LogP contribution in [0.4, 0.5) is 26.3 Å². The quantitative estimate of drug-likeness (QED) is 0.144. The van der Waals surface area contributed by atoms with Crippen molar-refractivity contribution in [2.24, 2.45) is 0 Å². The summed E-state index contributed by atoms with van der Waals surface area (Å²) in [7, 11) is -5.73. The zero-order chi connectivity index (χ0) is 33.8. The molecule has 0 saturated carbocycles. The van der Waals surface area contributed by atoms with Crippen molar-refractivity contribution in [1.82, 2.24) is 19.3 Å². The molecule has 46 heavy (non-hydrogen) atoms. The SMILES string of the molecule is CS(=O)(=O)N1CCC(O)(C(c2ccccc2C(F)(F)F)[SH]2C[C@H](O)[C@H](n3cc(-c4cc(F)c(F)c(F)c4)nn3)[C@@H](O)[C@H]2CO)CC1. The van der Waals surface area contributed by atoms with Gasteiger partial charge in [-0.3, -0.25) is 0 Å². The topological polar surface area (TPSA) is 149 Å². The van der Waals surface area contributed by atoms with Gasteiger partial charge in [0, 0.05) is 34.9 Å². The predicted molar refractivity (Wildman–Crippen MR) is 156 cm³/mol. The van der Waals surface area contributed by atoms with Gasteiger partial charge in [-0.05, 0) is 36.6 Å². The lowest BCUT2D eigenvalue weighted by Crippen LogP contribution is -2.55. The number of aromatic nitrogens is 3. The van der Waals surface area contributed by atoms with Crippen molar-refractivity contribution in [3.05, 3.63) is 71.2 Å². The van der Waals surface area contributed by atoms with E-state index in [1.807, 2.05) is 0 Å². The summed E-state index contributed by atoms with van der Waals surface area (Å²) in [6, 6.07) is 4.60. The van der Waals surface area contributed by atoms with Crippen molar-refractivity contribution in [2.75, 3.05) is 31.7 Å². The Hall–Kier alpha value is -2.74. The molecule has 2 aromatic carbocycles. The highest BCUT2D eigenvalue weighted by atomic mass is 32.2. The van der Waals surface area contributed by atoms with Gasteiger partial charge in [0.15, 0.2) is 17.5 Å². The summed E-state index contributed by atoms with van der Waals surface area (Å²) in [5, 5.41) is 50.6. The van der Waals surface area contributed by atoms with E-state index in [1.54, 1.807) is 0 Å². The van der Waals surface area contributed by atoms with Gasteiger partial charge in [-0.2, -0.15) is 13.2 Å². The van der Waals surface area contributed by atoms with Gasteiger partial charge in [0.05, 0.1) is 42.4 Å². The summed E-state index contributed by atoms with van der Waals surface area (Å²) in [5.41, 5.74) is -3.62. The van der Waals surface area contributed by atoms with Crippen molar-refractivity contribution in [3.63, 3.8) is 0 Å². The van der Waals surface area contributed by atoms with E-state index in [1.165, 1.54) is 18.2 Å². The fraction of sp³-hybridized carbons (Fsp3) is 0.500. The van der Waals surface area contributed by atoms with E-state index >= 15 is 0 Å². The van der Waals surface area contributed by atoms with E-state index in [2.05, 4.69) is 10.3 Å². The zero-order valence-corrected chi connectivity index (χ0v) is 25.9. The molecule has 10 nitrogen and oxygen atoms in total. The first-order valence-corrected chi connectivity index (χ1v) is 17.6. The molecule has 6 atom stereocenters. The fourth-order valence-corrected chi connectivity index (χ4v) is 11.1. The van der Waals surface area contributed by atoms with Crippen LogP contribution in [0.25, 0.3) is 11.3 Å². The molecule has 2 aliphatic rings. The molecule has 0 spiro atoms. The largest absolute Gasteiger partial charge is 0.416 e. The number of benzene rings is 2. The highest BCUT2D eigenvalue weighted by molar-refractivity contribution is 8.18. The van der Waals surface area contributed by atoms with Gasteiger partial charge < -0.3 is 20.4 Å². The number of sulfonamides is 1. The van der Waals surface area contributed by atoms with Gasteiger partial charge in [-0.15, -0.1) is 5.10 Å². The lowest BCUT2D eigenvalue weighted by Gasteiger charge is -2.53. The maximum atomic E-state index is 14.3. The van der Waals surface area contributed by atoms with Crippen LogP contribution in [0.5, 0.6) is 0 Å². The molecule has 254 valence electrons. The van der Waals surface area contributed by atoms with E-state index in [0.29, 0.717) is 12.1 Å². The van der Waals surface area contributed by atoms with Crippen LogP contribution >= 0.6 is 10.9 Å². The Balaban J connectivity index is 1.54. The van der Waals surface area contributed by atoms with E-state index in [9.17, 15) is 55.2 Å². The van der Waals surface area contributed by atoms with Crippen LogP contribution in [0.1, 0.15) is 35.3 Å². The molecule has 2 saturated heterocycles. The molecule has 3 aromatic rings. The van der Waals surface area contributed by atoms with Gasteiger partial charge >= 0.3 is 6.18 Å². The second-order valence-corrected chi connectivity index (χ2v) is 16.1. The number of alkyl halides is 3. The summed E-state index contributed by atoms with van der Waals surface area (Å²) in [6.07, 6.45) is -6.41. The molecule has 1 aromatic heterocycles. The van der Waals surface area contributed by atoms with E-state index in [0.717, 1.165) is 27.5 Å². The maximum absolute atomic E-state index is 14.3. The smallest absolute Gasteiger partial charge is 0.395 e. The molecule has 4 N–H and O–H groups in total. The van der Waals surface area contributed by atoms with Crippen molar-refractivity contribution in [3.8, 4) is 11.3 Å². The van der Waals surface area contributed by atoms with Crippen LogP contribution in [0.2, 0.25) is 0 Å². The normalized spacial score (nSPS) is 27.4. The summed E-state index contributed by atoms with van der Waals surface area (Å²) in [4.78, 5) is 0. The summed E-state index contributed by atoms with van der Waals surface area (Å²) < 4.78 is 111. The first-order valence-electron chi connectivity index (χ1n) is 14.1. The van der Waals surface area contributed by atoms with Gasteiger partial charge in [-0.25, -0.2) is 41.5 Å². The first kappa shape index (κ1) is 34.6. The molecule has 0 amide bonds. The lowest BCUT2D eigenvalue weighted by atomic mass is 9.84. The standard InChI is InChI=1S/C28H32F6N4O6S2/c1-46(43,44)37-8-6-27(42,7-9-37)26(16-4-2-3-5-17(16)28(32,33)34)45-14-21(40)24(25(41)22(45)13-39)38-12-20(35-36-38)15-10-18(29)23(31)19(30)11-15/h2-5,10-12,21-22,24-26,39-42,45H,6-9,13-14H2,1H3/t21-,22+,24-,25-,26?/m0/s1. The van der Waals surface area contributed by atoms with Crippen LogP contribution in [-0.4, -0.2) is 103 Å². The number of halogens is 6. The maximum Gasteiger partial charge on any atom is 0.416 e. The third-order valence-electron chi connectivity index (χ3n) is 8.70. The van der Waals surface area contributed by atoms with Crippen molar-refractivity contribution in [2.45, 2.75) is 53.4 Å². The summed E-state index contributed by atoms with van der Waals surface area (Å²) in [6.45, 7) is -1.14. The number of thiol groups is 1. The average Bonchev–Trinajstić information content (AvgIpc) is 3.45. The summed E-state index contributed by atoms with van der Waals surface area (Å²) in [5.74, 6) is -4.96. The molecule has 18 heteroatoms. The van der Waals surface area contributed by atoms with Crippen LogP contribution < -0.4 is 0 Å². The van der Waals surface area contributed by atoms with E-state index in [4.69, 9.17) is 0 Å². The number of hydrogen-bond acceptors (Lipinski definition) is 8. The molecule has 5 rings (SSSR count). The number of hydrogen-bond donors (Lipinski definition) is 5. The lowest BCUT2D eigenvalue weighted by molar-refractivity contribution is -0.138. The minimum Gasteiger partial charge on any atom is -0.395 e. The van der Waals surface area contributed by atoms with Crippen molar-refractivity contribution in [1.29, 1.82) is 0 Å². The minimum atomic E-state index is -4.85. The third-order valence-corrected chi connectivity index (χ3v) is 13.5. The molecule has 0 bridgehead atoms. The molecule has 0 aliphatic carbocycles. The Bertz CT molecular complexity index is 1660. The molecule has 2 aliphatic heterocycles. The van der Waals surface area contributed by atoms with Crippen LogP contribution in [0.15, 0.2) is 42.6 Å². The Morgan fingerprint density at radius 2 is 1.70 bits per heavy atom. The highest BCUT2D eigenvalue weighted by Gasteiger charge is 2.53. The second kappa shape index (κ2) is 12.7. The molecule has 0 radical (unpaired) electrons. The van der Waals surface area contributed by atoms with Crippen LogP contribution in [0.3, 0.4) is 0 Å². The van der Waals surface area contributed by atoms with Crippen LogP contribution in [0, 0.1) is 17.5 Å². The number of aliphatic hydroxyl groups is 4. The Labute approximate surface area is 262 Å². The van der Waals surface area contributed by atoms with E-state index < -0.39 is 91.1 Å². The highest BCUT2D eigenvalue weighted by Crippen LogP contribution is 2.60. The molecule has 2 fully saturated rings. The number of rotatable bonds is 7. The van der Waals surface area contributed by atoms with Gasteiger partial charge in [0.25, 0.3) is 0 Å². The fourth-order valence-electron chi connectivity index (χ4n) is 6.46.